The minimum absolute atomic E-state index is 0.447. The number of nitrogens with zero attached hydrogens (tertiary/aromatic N) is 1. The lowest BCUT2D eigenvalue weighted by molar-refractivity contribution is 0.603. The number of rotatable bonds is 3. The zero-order chi connectivity index (χ0) is 7.23. The van der Waals surface area contributed by atoms with Gasteiger partial charge in [-0.2, -0.15) is 4.91 Å². The molecule has 2 heteroatoms. The monoisotopic (exact) mass is 137 g/mol. The summed E-state index contributed by atoms with van der Waals surface area (Å²) < 4.78 is 0. The Morgan fingerprint density at radius 1 is 1.50 bits per heavy atom. The second kappa shape index (κ2) is 3.99. The summed E-state index contributed by atoms with van der Waals surface area (Å²) in [6, 6.07) is 0. The lowest BCUT2D eigenvalue weighted by atomic mass is 9.98. The van der Waals surface area contributed by atoms with Crippen LogP contribution in [0, 0.1) is 10.8 Å². The van der Waals surface area contributed by atoms with Crippen LogP contribution in [0.1, 0.15) is 12.8 Å². The van der Waals surface area contributed by atoms with E-state index in [1.807, 2.05) is 12.2 Å². The van der Waals surface area contributed by atoms with Crippen LogP contribution in [0.25, 0.3) is 0 Å². The van der Waals surface area contributed by atoms with Gasteiger partial charge in [0.2, 0.25) is 0 Å². The normalized spacial score (nSPS) is 23.0. The Morgan fingerprint density at radius 2 is 2.40 bits per heavy atom. The molecule has 0 aliphatic heterocycles. The quantitative estimate of drug-likeness (QED) is 0.548. The molecule has 0 amide bonds. The Bertz CT molecular complexity index is 161. The molecule has 0 bridgehead atoms. The first kappa shape index (κ1) is 7.19. The van der Waals surface area contributed by atoms with E-state index in [9.17, 15) is 4.91 Å². The van der Waals surface area contributed by atoms with Crippen LogP contribution >= 0.6 is 0 Å². The van der Waals surface area contributed by atoms with Gasteiger partial charge in [0.05, 0.1) is 6.54 Å². The van der Waals surface area contributed by atoms with Gasteiger partial charge in [-0.15, -0.1) is 0 Å². The molecule has 0 fully saturated rings. The average Bonchev–Trinajstić information content (AvgIpc) is 2.03. The highest BCUT2D eigenvalue weighted by atomic mass is 16.3. The van der Waals surface area contributed by atoms with Crippen molar-refractivity contribution in [3.63, 3.8) is 0 Å². The van der Waals surface area contributed by atoms with E-state index in [-0.39, 0.29) is 0 Å². The lowest BCUT2D eigenvalue weighted by Crippen LogP contribution is -1.98. The first-order valence-corrected chi connectivity index (χ1v) is 3.56. The van der Waals surface area contributed by atoms with Crippen LogP contribution < -0.4 is 0 Å². The van der Waals surface area contributed by atoms with Gasteiger partial charge in [-0.05, 0) is 18.8 Å². The Morgan fingerprint density at radius 3 is 3.00 bits per heavy atom. The molecule has 1 atom stereocenters. The molecule has 0 aromatic heterocycles. The molecule has 0 radical (unpaired) electrons. The van der Waals surface area contributed by atoms with Crippen molar-refractivity contribution in [3.8, 4) is 0 Å². The molecule has 54 valence electrons. The fourth-order valence-electron chi connectivity index (χ4n) is 1.06. The highest BCUT2D eigenvalue weighted by Crippen LogP contribution is 2.14. The Hall–Kier alpha value is -0.920. The van der Waals surface area contributed by atoms with Crippen molar-refractivity contribution in [1.82, 2.24) is 0 Å². The molecule has 0 N–H and O–H groups in total. The van der Waals surface area contributed by atoms with Crippen LogP contribution in [0.15, 0.2) is 29.5 Å². The summed E-state index contributed by atoms with van der Waals surface area (Å²) in [5, 5.41) is 2.82. The highest BCUT2D eigenvalue weighted by Gasteiger charge is 2.03. The van der Waals surface area contributed by atoms with E-state index in [0.29, 0.717) is 12.5 Å². The van der Waals surface area contributed by atoms with E-state index in [0.717, 1.165) is 12.8 Å². The van der Waals surface area contributed by atoms with Crippen LogP contribution in [0.2, 0.25) is 0 Å². The fourth-order valence-corrected chi connectivity index (χ4v) is 1.06. The van der Waals surface area contributed by atoms with Crippen molar-refractivity contribution in [2.24, 2.45) is 11.1 Å². The topological polar surface area (TPSA) is 29.4 Å². The summed E-state index contributed by atoms with van der Waals surface area (Å²) in [7, 11) is 0. The van der Waals surface area contributed by atoms with Crippen molar-refractivity contribution in [1.29, 1.82) is 0 Å². The maximum atomic E-state index is 9.76. The summed E-state index contributed by atoms with van der Waals surface area (Å²) in [5.74, 6) is 0.544. The molecule has 1 aliphatic rings. The van der Waals surface area contributed by atoms with E-state index in [1.165, 1.54) is 0 Å². The van der Waals surface area contributed by atoms with Crippen LogP contribution in [0.5, 0.6) is 0 Å². The molecule has 0 heterocycles. The molecule has 0 saturated heterocycles. The second-order valence-electron chi connectivity index (χ2n) is 2.45. The third-order valence-corrected chi connectivity index (χ3v) is 1.66. The van der Waals surface area contributed by atoms with Crippen LogP contribution in [-0.2, 0) is 0 Å². The molecular weight excluding hydrogens is 126 g/mol. The predicted molar refractivity (Wildman–Crippen MR) is 41.7 cm³/mol. The minimum Gasteiger partial charge on any atom is -0.151 e. The van der Waals surface area contributed by atoms with Gasteiger partial charge >= 0.3 is 0 Å². The van der Waals surface area contributed by atoms with Crippen LogP contribution in [-0.4, -0.2) is 6.54 Å². The maximum Gasteiger partial charge on any atom is 0.0816 e. The zero-order valence-electron chi connectivity index (χ0n) is 5.86. The first-order chi connectivity index (χ1) is 4.93. The number of allylic oxidation sites excluding steroid dienone is 4. The number of nitroso groups, excluding NO2 is 1. The second-order valence-corrected chi connectivity index (χ2v) is 2.45. The van der Waals surface area contributed by atoms with E-state index >= 15 is 0 Å². The summed E-state index contributed by atoms with van der Waals surface area (Å²) in [5.41, 5.74) is 0. The van der Waals surface area contributed by atoms with E-state index in [4.69, 9.17) is 0 Å². The van der Waals surface area contributed by atoms with Gasteiger partial charge in [0.15, 0.2) is 0 Å². The molecule has 2 nitrogen and oxygen atoms in total. The molecule has 0 spiro atoms. The van der Waals surface area contributed by atoms with Gasteiger partial charge in [-0.25, -0.2) is 0 Å². The third-order valence-electron chi connectivity index (χ3n) is 1.66. The molecule has 10 heavy (non-hydrogen) atoms. The van der Waals surface area contributed by atoms with Crippen molar-refractivity contribution in [2.45, 2.75) is 12.8 Å². The van der Waals surface area contributed by atoms with Gasteiger partial charge in [0, 0.05) is 0 Å². The summed E-state index contributed by atoms with van der Waals surface area (Å²) in [6.07, 6.45) is 10.3. The van der Waals surface area contributed by atoms with Gasteiger partial charge in [0.1, 0.15) is 0 Å². The van der Waals surface area contributed by atoms with E-state index in [1.54, 1.807) is 0 Å². The van der Waals surface area contributed by atoms with Crippen molar-refractivity contribution < 1.29 is 0 Å². The van der Waals surface area contributed by atoms with Gasteiger partial charge in [-0.3, -0.25) is 0 Å². The molecule has 0 saturated carbocycles. The van der Waals surface area contributed by atoms with Crippen LogP contribution in [0.3, 0.4) is 0 Å². The molecule has 1 rings (SSSR count). The SMILES string of the molecule is O=NCCC1C=CC=CC1. The summed E-state index contributed by atoms with van der Waals surface area (Å²) in [6.45, 7) is 0.447. The van der Waals surface area contributed by atoms with Crippen LogP contribution in [0.4, 0.5) is 0 Å². The molecular formula is C8H11NO. The van der Waals surface area contributed by atoms with Crippen molar-refractivity contribution in [2.75, 3.05) is 6.54 Å². The minimum atomic E-state index is 0.447. The standard InChI is InChI=1S/C8H11NO/c10-9-7-6-8-4-2-1-3-5-8/h1-4,8H,5-7H2. The molecule has 0 aromatic carbocycles. The van der Waals surface area contributed by atoms with E-state index in [2.05, 4.69) is 17.3 Å². The molecule has 1 unspecified atom stereocenters. The number of hydrogen-bond acceptors (Lipinski definition) is 2. The van der Waals surface area contributed by atoms with Crippen molar-refractivity contribution in [3.05, 3.63) is 29.2 Å². The summed E-state index contributed by atoms with van der Waals surface area (Å²) in [4.78, 5) is 9.76. The Kier molecular flexibility index (Phi) is 2.87. The number of hydrogen-bond donors (Lipinski definition) is 0. The highest BCUT2D eigenvalue weighted by molar-refractivity contribution is 5.10. The van der Waals surface area contributed by atoms with Crippen molar-refractivity contribution >= 4 is 0 Å². The van der Waals surface area contributed by atoms with Gasteiger partial charge < -0.3 is 0 Å². The largest absolute Gasteiger partial charge is 0.151 e. The maximum absolute atomic E-state index is 9.76. The predicted octanol–water partition coefficient (Wildman–Crippen LogP) is 2.28. The molecule has 1 aliphatic carbocycles. The van der Waals surface area contributed by atoms with Gasteiger partial charge in [-0.1, -0.05) is 29.5 Å². The smallest absolute Gasteiger partial charge is 0.0816 e. The fraction of sp³-hybridized carbons (Fsp3) is 0.500. The Labute approximate surface area is 60.6 Å². The summed E-state index contributed by atoms with van der Waals surface area (Å²) >= 11 is 0. The zero-order valence-corrected chi connectivity index (χ0v) is 5.86. The lowest BCUT2D eigenvalue weighted by Gasteiger charge is -2.08. The molecule has 0 aromatic rings. The Balaban J connectivity index is 2.23. The average molecular weight is 137 g/mol. The first-order valence-electron chi connectivity index (χ1n) is 3.56. The third kappa shape index (κ3) is 2.13. The van der Waals surface area contributed by atoms with E-state index < -0.39 is 0 Å². The van der Waals surface area contributed by atoms with Gasteiger partial charge in [0.25, 0.3) is 0 Å².